The zero-order valence-electron chi connectivity index (χ0n) is 12.8. The molecule has 21 heavy (non-hydrogen) atoms. The fourth-order valence-electron chi connectivity index (χ4n) is 2.73. The second kappa shape index (κ2) is 7.98. The third-order valence-electron chi connectivity index (χ3n) is 4.06. The first-order valence-electron chi connectivity index (χ1n) is 7.94. The number of amides is 1. The van der Waals surface area contributed by atoms with Gasteiger partial charge in [0.15, 0.2) is 0 Å². The fraction of sp³-hybridized carbons (Fsp3) is 0.625. The Morgan fingerprint density at radius 1 is 1.43 bits per heavy atom. The van der Waals surface area contributed by atoms with Crippen molar-refractivity contribution in [3.63, 3.8) is 0 Å². The van der Waals surface area contributed by atoms with Crippen molar-refractivity contribution in [2.24, 2.45) is 11.7 Å². The second-order valence-electron chi connectivity index (χ2n) is 5.67. The van der Waals surface area contributed by atoms with Gasteiger partial charge < -0.3 is 16.0 Å². The minimum atomic E-state index is -0.0439. The maximum Gasteiger partial charge on any atom is 0.252 e. The van der Waals surface area contributed by atoms with Crippen LogP contribution in [0.3, 0.4) is 0 Å². The number of hydrogen-bond donors (Lipinski definition) is 2. The number of carbonyl (C=O) groups excluding carboxylic acids is 1. The molecule has 2 heterocycles. The van der Waals surface area contributed by atoms with Gasteiger partial charge in [-0.3, -0.25) is 4.79 Å². The van der Waals surface area contributed by atoms with E-state index in [0.717, 1.165) is 44.2 Å². The quantitative estimate of drug-likeness (QED) is 0.838. The van der Waals surface area contributed by atoms with Crippen LogP contribution in [0.5, 0.6) is 0 Å². The lowest BCUT2D eigenvalue weighted by atomic mass is 9.94. The first kappa shape index (κ1) is 15.8. The summed E-state index contributed by atoms with van der Waals surface area (Å²) < 4.78 is 0. The first-order chi connectivity index (χ1) is 10.2. The number of anilines is 1. The summed E-state index contributed by atoms with van der Waals surface area (Å²) in [7, 11) is 0. The van der Waals surface area contributed by atoms with E-state index in [1.165, 1.54) is 12.8 Å². The van der Waals surface area contributed by atoms with Crippen LogP contribution in [0.4, 0.5) is 5.82 Å². The molecule has 0 bridgehead atoms. The predicted octanol–water partition coefficient (Wildman–Crippen LogP) is 1.79. The normalized spacial score (nSPS) is 16.0. The molecule has 0 saturated carbocycles. The van der Waals surface area contributed by atoms with Crippen molar-refractivity contribution in [2.45, 2.75) is 32.6 Å². The Balaban J connectivity index is 1.89. The summed E-state index contributed by atoms with van der Waals surface area (Å²) in [4.78, 5) is 18.6. The van der Waals surface area contributed by atoms with Crippen molar-refractivity contribution in [3.05, 3.63) is 23.9 Å². The molecule has 0 aromatic carbocycles. The Bertz CT molecular complexity index is 438. The molecule has 1 saturated heterocycles. The van der Waals surface area contributed by atoms with E-state index >= 15 is 0 Å². The summed E-state index contributed by atoms with van der Waals surface area (Å²) in [6, 6.07) is 3.81. The lowest BCUT2D eigenvalue weighted by Crippen LogP contribution is -2.35. The molecule has 116 valence electrons. The molecule has 5 heteroatoms. The van der Waals surface area contributed by atoms with E-state index < -0.39 is 0 Å². The van der Waals surface area contributed by atoms with Crippen LogP contribution in [0.25, 0.3) is 0 Å². The Kier molecular flexibility index (Phi) is 5.99. The summed E-state index contributed by atoms with van der Waals surface area (Å²) in [6.07, 6.45) is 6.09. The zero-order chi connectivity index (χ0) is 15.1. The number of nitrogens with one attached hydrogen (secondary N) is 1. The van der Waals surface area contributed by atoms with Crippen LogP contribution in [0.1, 0.15) is 43.0 Å². The van der Waals surface area contributed by atoms with Crippen molar-refractivity contribution in [3.8, 4) is 0 Å². The van der Waals surface area contributed by atoms with E-state index in [9.17, 15) is 4.79 Å². The van der Waals surface area contributed by atoms with Crippen molar-refractivity contribution >= 4 is 11.7 Å². The SMILES string of the molecule is CCCNC(=O)c1ccc(N2CCC(CCN)CC2)nc1. The molecule has 1 aliphatic rings. The average Bonchev–Trinajstić information content (AvgIpc) is 2.54. The second-order valence-corrected chi connectivity index (χ2v) is 5.67. The van der Waals surface area contributed by atoms with Gasteiger partial charge in [0.05, 0.1) is 5.56 Å². The molecule has 0 atom stereocenters. The molecule has 0 radical (unpaired) electrons. The minimum absolute atomic E-state index is 0.0439. The van der Waals surface area contributed by atoms with Gasteiger partial charge in [-0.05, 0) is 50.3 Å². The number of carbonyl (C=O) groups is 1. The highest BCUT2D eigenvalue weighted by molar-refractivity contribution is 5.94. The number of piperidine rings is 1. The van der Waals surface area contributed by atoms with Crippen LogP contribution in [0.15, 0.2) is 18.3 Å². The van der Waals surface area contributed by atoms with Crippen LogP contribution in [0, 0.1) is 5.92 Å². The van der Waals surface area contributed by atoms with E-state index in [0.29, 0.717) is 12.1 Å². The molecule has 1 amide bonds. The van der Waals surface area contributed by atoms with Crippen molar-refractivity contribution < 1.29 is 4.79 Å². The highest BCUT2D eigenvalue weighted by Crippen LogP contribution is 2.23. The molecule has 2 rings (SSSR count). The van der Waals surface area contributed by atoms with Gasteiger partial charge in [-0.1, -0.05) is 6.92 Å². The Morgan fingerprint density at radius 3 is 2.76 bits per heavy atom. The molecule has 1 fully saturated rings. The summed E-state index contributed by atoms with van der Waals surface area (Å²) in [5, 5.41) is 2.86. The zero-order valence-corrected chi connectivity index (χ0v) is 12.8. The maximum atomic E-state index is 11.8. The summed E-state index contributed by atoms with van der Waals surface area (Å²) >= 11 is 0. The van der Waals surface area contributed by atoms with Gasteiger partial charge in [0.25, 0.3) is 5.91 Å². The molecule has 1 aromatic rings. The Morgan fingerprint density at radius 2 is 2.19 bits per heavy atom. The van der Waals surface area contributed by atoms with Gasteiger partial charge in [-0.25, -0.2) is 4.98 Å². The molecule has 0 aliphatic carbocycles. The highest BCUT2D eigenvalue weighted by Gasteiger charge is 2.19. The maximum absolute atomic E-state index is 11.8. The molecule has 0 unspecified atom stereocenters. The topological polar surface area (TPSA) is 71.2 Å². The summed E-state index contributed by atoms with van der Waals surface area (Å²) in [5.74, 6) is 1.68. The van der Waals surface area contributed by atoms with E-state index in [-0.39, 0.29) is 5.91 Å². The molecule has 5 nitrogen and oxygen atoms in total. The monoisotopic (exact) mass is 290 g/mol. The highest BCUT2D eigenvalue weighted by atomic mass is 16.1. The van der Waals surface area contributed by atoms with E-state index in [1.54, 1.807) is 6.20 Å². The molecular weight excluding hydrogens is 264 g/mol. The van der Waals surface area contributed by atoms with Gasteiger partial charge in [-0.15, -0.1) is 0 Å². The summed E-state index contributed by atoms with van der Waals surface area (Å²) in [5.41, 5.74) is 6.25. The smallest absolute Gasteiger partial charge is 0.252 e. The van der Waals surface area contributed by atoms with Gasteiger partial charge in [0.1, 0.15) is 5.82 Å². The van der Waals surface area contributed by atoms with Crippen molar-refractivity contribution in [1.82, 2.24) is 10.3 Å². The van der Waals surface area contributed by atoms with Crippen LogP contribution < -0.4 is 16.0 Å². The molecular formula is C16H26N4O. The molecule has 0 spiro atoms. The van der Waals surface area contributed by atoms with Gasteiger partial charge in [0.2, 0.25) is 0 Å². The number of hydrogen-bond acceptors (Lipinski definition) is 4. The largest absolute Gasteiger partial charge is 0.357 e. The lowest BCUT2D eigenvalue weighted by molar-refractivity contribution is 0.0953. The summed E-state index contributed by atoms with van der Waals surface area (Å²) in [6.45, 7) is 5.58. The third kappa shape index (κ3) is 4.43. The van der Waals surface area contributed by atoms with Gasteiger partial charge in [-0.2, -0.15) is 0 Å². The van der Waals surface area contributed by atoms with Gasteiger partial charge >= 0.3 is 0 Å². The van der Waals surface area contributed by atoms with Gasteiger partial charge in [0, 0.05) is 25.8 Å². The Labute approximate surface area is 126 Å². The minimum Gasteiger partial charge on any atom is -0.357 e. The van der Waals surface area contributed by atoms with Crippen molar-refractivity contribution in [1.29, 1.82) is 0 Å². The first-order valence-corrected chi connectivity index (χ1v) is 7.94. The van der Waals surface area contributed by atoms with Crippen LogP contribution in [0.2, 0.25) is 0 Å². The average molecular weight is 290 g/mol. The van der Waals surface area contributed by atoms with E-state index in [2.05, 4.69) is 15.2 Å². The number of nitrogens with two attached hydrogens (primary N) is 1. The predicted molar refractivity (Wildman–Crippen MR) is 85.5 cm³/mol. The third-order valence-corrected chi connectivity index (χ3v) is 4.06. The van der Waals surface area contributed by atoms with E-state index in [4.69, 9.17) is 5.73 Å². The number of nitrogens with zero attached hydrogens (tertiary/aromatic N) is 2. The standard InChI is InChI=1S/C16H26N4O/c1-2-9-18-16(21)14-3-4-15(19-12-14)20-10-6-13(5-8-17)7-11-20/h3-4,12-13H,2,5-11,17H2,1H3,(H,18,21). The number of pyridine rings is 1. The molecule has 1 aliphatic heterocycles. The van der Waals surface area contributed by atoms with Crippen molar-refractivity contribution in [2.75, 3.05) is 31.1 Å². The van der Waals surface area contributed by atoms with E-state index in [1.807, 2.05) is 19.1 Å². The number of rotatable bonds is 6. The fourth-order valence-corrected chi connectivity index (χ4v) is 2.73. The van der Waals surface area contributed by atoms with Crippen LogP contribution in [-0.2, 0) is 0 Å². The lowest BCUT2D eigenvalue weighted by Gasteiger charge is -2.32. The molecule has 3 N–H and O–H groups in total. The number of aromatic nitrogens is 1. The van der Waals surface area contributed by atoms with Crippen LogP contribution >= 0.6 is 0 Å². The van der Waals surface area contributed by atoms with Crippen LogP contribution in [-0.4, -0.2) is 37.1 Å². The molecule has 1 aromatic heterocycles. The Hall–Kier alpha value is -1.62.